The summed E-state index contributed by atoms with van der Waals surface area (Å²) in [5.74, 6) is -0.328. The Morgan fingerprint density at radius 3 is 2.59 bits per heavy atom. The molecule has 17 heavy (non-hydrogen) atoms. The topological polar surface area (TPSA) is 35.2 Å². The fourth-order valence-corrected chi connectivity index (χ4v) is 1.27. The van der Waals surface area contributed by atoms with Crippen molar-refractivity contribution in [2.24, 2.45) is 5.73 Å². The second-order valence-corrected chi connectivity index (χ2v) is 3.34. The Morgan fingerprint density at radius 1 is 1.35 bits per heavy atom. The van der Waals surface area contributed by atoms with Crippen LogP contribution in [0.2, 0.25) is 0 Å². The fourth-order valence-electron chi connectivity index (χ4n) is 1.27. The van der Waals surface area contributed by atoms with Gasteiger partial charge in [0.1, 0.15) is 5.75 Å². The van der Waals surface area contributed by atoms with Crippen molar-refractivity contribution in [1.82, 2.24) is 0 Å². The Kier molecular flexibility index (Phi) is 4.51. The van der Waals surface area contributed by atoms with Gasteiger partial charge in [-0.3, -0.25) is 0 Å². The number of benzene rings is 1. The lowest BCUT2D eigenvalue weighted by atomic mass is 10.1. The van der Waals surface area contributed by atoms with E-state index in [1.54, 1.807) is 6.07 Å². The molecule has 0 saturated heterocycles. The Labute approximate surface area is 95.7 Å². The van der Waals surface area contributed by atoms with Crippen LogP contribution in [0.1, 0.15) is 5.56 Å². The highest BCUT2D eigenvalue weighted by Gasteiger charge is 2.31. The minimum Gasteiger partial charge on any atom is -0.406 e. The molecule has 1 aromatic rings. The molecule has 0 aliphatic rings. The molecule has 6 heteroatoms. The molecule has 0 unspecified atom stereocenters. The number of ether oxygens (including phenoxy) is 1. The molecule has 0 bridgehead atoms. The van der Waals surface area contributed by atoms with E-state index in [0.717, 1.165) is 0 Å². The molecule has 1 aromatic carbocycles. The van der Waals surface area contributed by atoms with Crippen molar-refractivity contribution in [2.45, 2.75) is 12.8 Å². The molecule has 0 aliphatic heterocycles. The molecule has 2 N–H and O–H groups in total. The van der Waals surface area contributed by atoms with Gasteiger partial charge in [0, 0.05) is 6.54 Å². The van der Waals surface area contributed by atoms with Gasteiger partial charge in [-0.05, 0) is 29.7 Å². The van der Waals surface area contributed by atoms with Gasteiger partial charge in [-0.1, -0.05) is 12.1 Å². The summed E-state index contributed by atoms with van der Waals surface area (Å²) in [5, 5.41) is 0. The molecule has 0 amide bonds. The third-order valence-electron chi connectivity index (χ3n) is 1.98. The number of rotatable bonds is 4. The molecular weight excluding hydrogens is 238 g/mol. The minimum atomic E-state index is -4.73. The van der Waals surface area contributed by atoms with Crippen LogP contribution in [0.5, 0.6) is 5.75 Å². The maximum absolute atomic E-state index is 12.3. The standard InChI is InChI=1S/C11H11F4NO/c12-6-9(7-16)4-8-2-1-3-10(5-8)17-11(13,14)15/h1-3,5-6H,4,7,16H2/b9-6-. The summed E-state index contributed by atoms with van der Waals surface area (Å²) in [5.41, 5.74) is 6.05. The van der Waals surface area contributed by atoms with Gasteiger partial charge < -0.3 is 10.5 Å². The summed E-state index contributed by atoms with van der Waals surface area (Å²) >= 11 is 0. The minimum absolute atomic E-state index is 0.0147. The van der Waals surface area contributed by atoms with Crippen molar-refractivity contribution in [1.29, 1.82) is 0 Å². The molecule has 0 fully saturated rings. The van der Waals surface area contributed by atoms with Crippen molar-refractivity contribution in [3.05, 3.63) is 41.7 Å². The largest absolute Gasteiger partial charge is 0.573 e. The number of nitrogens with two attached hydrogens (primary N) is 1. The van der Waals surface area contributed by atoms with E-state index in [4.69, 9.17) is 5.73 Å². The maximum Gasteiger partial charge on any atom is 0.573 e. The van der Waals surface area contributed by atoms with Crippen molar-refractivity contribution in [3.63, 3.8) is 0 Å². The number of hydrogen-bond donors (Lipinski definition) is 1. The predicted octanol–water partition coefficient (Wildman–Crippen LogP) is 2.94. The van der Waals surface area contributed by atoms with Gasteiger partial charge in [0.25, 0.3) is 0 Å². The fraction of sp³-hybridized carbons (Fsp3) is 0.273. The molecule has 0 radical (unpaired) electrons. The first kappa shape index (κ1) is 13.5. The van der Waals surface area contributed by atoms with Gasteiger partial charge in [0.05, 0.1) is 6.33 Å². The normalized spacial score (nSPS) is 12.6. The zero-order valence-corrected chi connectivity index (χ0v) is 8.80. The Balaban J connectivity index is 2.79. The highest BCUT2D eigenvalue weighted by Crippen LogP contribution is 2.24. The van der Waals surface area contributed by atoms with E-state index < -0.39 is 6.36 Å². The lowest BCUT2D eigenvalue weighted by molar-refractivity contribution is -0.274. The second kappa shape index (κ2) is 5.67. The average Bonchev–Trinajstić information content (AvgIpc) is 2.24. The first-order chi connectivity index (χ1) is 7.94. The van der Waals surface area contributed by atoms with E-state index in [0.29, 0.717) is 17.5 Å². The Hall–Kier alpha value is -1.56. The van der Waals surface area contributed by atoms with E-state index in [-0.39, 0.29) is 18.7 Å². The van der Waals surface area contributed by atoms with E-state index in [1.807, 2.05) is 0 Å². The van der Waals surface area contributed by atoms with Crippen LogP contribution in [0, 0.1) is 0 Å². The van der Waals surface area contributed by atoms with Crippen LogP contribution < -0.4 is 10.5 Å². The van der Waals surface area contributed by atoms with Crippen LogP contribution in [0.4, 0.5) is 17.6 Å². The van der Waals surface area contributed by atoms with Gasteiger partial charge in [-0.25, -0.2) is 4.39 Å². The third-order valence-corrected chi connectivity index (χ3v) is 1.98. The average molecular weight is 249 g/mol. The van der Waals surface area contributed by atoms with Crippen LogP contribution >= 0.6 is 0 Å². The molecule has 0 aliphatic carbocycles. The predicted molar refractivity (Wildman–Crippen MR) is 55.1 cm³/mol. The summed E-state index contributed by atoms with van der Waals surface area (Å²) in [6.07, 6.45) is -4.22. The summed E-state index contributed by atoms with van der Waals surface area (Å²) in [7, 11) is 0. The molecular formula is C11H11F4NO. The monoisotopic (exact) mass is 249 g/mol. The summed E-state index contributed by atoms with van der Waals surface area (Å²) in [6, 6.07) is 5.36. The van der Waals surface area contributed by atoms with Crippen LogP contribution in [-0.4, -0.2) is 12.9 Å². The molecule has 1 rings (SSSR count). The Morgan fingerprint density at radius 2 is 2.06 bits per heavy atom. The van der Waals surface area contributed by atoms with Crippen molar-refractivity contribution in [3.8, 4) is 5.75 Å². The highest BCUT2D eigenvalue weighted by atomic mass is 19.4. The lowest BCUT2D eigenvalue weighted by Crippen LogP contribution is -2.17. The molecule has 2 nitrogen and oxygen atoms in total. The van der Waals surface area contributed by atoms with Gasteiger partial charge in [0.2, 0.25) is 0 Å². The van der Waals surface area contributed by atoms with Gasteiger partial charge in [-0.15, -0.1) is 13.2 Å². The third kappa shape index (κ3) is 4.86. The summed E-state index contributed by atoms with van der Waals surface area (Å²) in [6.45, 7) is 0.0147. The molecule has 0 atom stereocenters. The van der Waals surface area contributed by atoms with E-state index in [2.05, 4.69) is 4.74 Å². The molecule has 0 heterocycles. The van der Waals surface area contributed by atoms with Gasteiger partial charge in [-0.2, -0.15) is 0 Å². The molecule has 0 aromatic heterocycles. The smallest absolute Gasteiger partial charge is 0.406 e. The lowest BCUT2D eigenvalue weighted by Gasteiger charge is -2.10. The van der Waals surface area contributed by atoms with Crippen molar-refractivity contribution in [2.75, 3.05) is 6.54 Å². The first-order valence-corrected chi connectivity index (χ1v) is 4.77. The number of halogens is 4. The van der Waals surface area contributed by atoms with Crippen LogP contribution in [-0.2, 0) is 6.42 Å². The zero-order chi connectivity index (χ0) is 12.9. The molecule has 94 valence electrons. The Bertz CT molecular complexity index is 401. The van der Waals surface area contributed by atoms with E-state index >= 15 is 0 Å². The summed E-state index contributed by atoms with van der Waals surface area (Å²) < 4.78 is 51.9. The van der Waals surface area contributed by atoms with Gasteiger partial charge >= 0.3 is 6.36 Å². The van der Waals surface area contributed by atoms with E-state index in [1.165, 1.54) is 18.2 Å². The van der Waals surface area contributed by atoms with E-state index in [9.17, 15) is 17.6 Å². The van der Waals surface area contributed by atoms with Gasteiger partial charge in [0.15, 0.2) is 0 Å². The van der Waals surface area contributed by atoms with Crippen LogP contribution in [0.3, 0.4) is 0 Å². The summed E-state index contributed by atoms with van der Waals surface area (Å²) in [4.78, 5) is 0. The van der Waals surface area contributed by atoms with Crippen molar-refractivity contribution >= 4 is 0 Å². The number of alkyl halides is 3. The second-order valence-electron chi connectivity index (χ2n) is 3.34. The molecule has 0 saturated carbocycles. The van der Waals surface area contributed by atoms with Crippen molar-refractivity contribution < 1.29 is 22.3 Å². The molecule has 0 spiro atoms. The zero-order valence-electron chi connectivity index (χ0n) is 8.80. The maximum atomic E-state index is 12.3. The first-order valence-electron chi connectivity index (χ1n) is 4.77. The highest BCUT2D eigenvalue weighted by molar-refractivity contribution is 5.31. The number of hydrogen-bond acceptors (Lipinski definition) is 2. The quantitative estimate of drug-likeness (QED) is 0.832. The van der Waals surface area contributed by atoms with Crippen LogP contribution in [0.25, 0.3) is 0 Å². The SMILES string of the molecule is NC/C(=C\F)Cc1cccc(OC(F)(F)F)c1. The van der Waals surface area contributed by atoms with Crippen LogP contribution in [0.15, 0.2) is 36.2 Å².